The Morgan fingerprint density at radius 2 is 2.00 bits per heavy atom. The van der Waals surface area contributed by atoms with Crippen LogP contribution >= 0.6 is 38.9 Å². The van der Waals surface area contributed by atoms with E-state index in [0.717, 1.165) is 21.8 Å². The maximum atomic E-state index is 16.0. The Balaban J connectivity index is 1.61. The van der Waals surface area contributed by atoms with Crippen molar-refractivity contribution in [3.63, 3.8) is 0 Å². The van der Waals surface area contributed by atoms with Crippen molar-refractivity contribution in [2.75, 3.05) is 18.8 Å². The van der Waals surface area contributed by atoms with Crippen molar-refractivity contribution in [1.29, 1.82) is 0 Å². The van der Waals surface area contributed by atoms with Gasteiger partial charge in [-0.15, -0.1) is 11.3 Å². The maximum absolute atomic E-state index is 16.0. The van der Waals surface area contributed by atoms with Crippen LogP contribution in [-0.2, 0) is 21.3 Å². The first kappa shape index (κ1) is 22.4. The molecule has 1 atom stereocenters. The van der Waals surface area contributed by atoms with E-state index in [4.69, 9.17) is 11.6 Å². The lowest BCUT2D eigenvalue weighted by Crippen LogP contribution is -2.53. The number of halogens is 3. The molecule has 1 saturated heterocycles. The molecular weight excluding hydrogens is 527 g/mol. The lowest BCUT2D eigenvalue weighted by molar-refractivity contribution is 0.0666. The monoisotopic (exact) mass is 542 g/mol. The molecule has 162 valence electrons. The highest BCUT2D eigenvalue weighted by molar-refractivity contribution is 9.10. The average Bonchev–Trinajstić information content (AvgIpc) is 3.21. The number of nitrogens with zero attached hydrogens (tertiary/aromatic N) is 2. The van der Waals surface area contributed by atoms with Crippen LogP contribution in [0.4, 0.5) is 4.39 Å². The molecule has 2 aromatic carbocycles. The Hall–Kier alpha value is -1.81. The van der Waals surface area contributed by atoms with Gasteiger partial charge in [0.2, 0.25) is 0 Å². The molecule has 0 saturated carbocycles. The summed E-state index contributed by atoms with van der Waals surface area (Å²) in [6, 6.07) is 14.2. The summed E-state index contributed by atoms with van der Waals surface area (Å²) in [4.78, 5) is 19.0. The molecule has 1 aliphatic rings. The van der Waals surface area contributed by atoms with Crippen LogP contribution in [0.1, 0.15) is 25.8 Å². The number of amides is 1. The van der Waals surface area contributed by atoms with Crippen molar-refractivity contribution < 1.29 is 17.6 Å². The molecule has 1 fully saturated rings. The summed E-state index contributed by atoms with van der Waals surface area (Å²) in [5.41, 5.74) is 1.28. The lowest BCUT2D eigenvalue weighted by Gasteiger charge is -2.35. The first-order valence-corrected chi connectivity index (χ1v) is 13.0. The van der Waals surface area contributed by atoms with Crippen molar-refractivity contribution >= 4 is 54.6 Å². The summed E-state index contributed by atoms with van der Waals surface area (Å²) in [6.45, 7) is -0.705. The number of carbonyl (C=O) groups is 1. The zero-order chi connectivity index (χ0) is 22.2. The van der Waals surface area contributed by atoms with Gasteiger partial charge >= 0.3 is 0 Å². The second-order valence-electron chi connectivity index (χ2n) is 7.20. The van der Waals surface area contributed by atoms with Crippen LogP contribution < -0.4 is 0 Å². The van der Waals surface area contributed by atoms with E-state index in [1.807, 2.05) is 30.3 Å². The van der Waals surface area contributed by atoms with E-state index in [9.17, 15) is 13.2 Å². The summed E-state index contributed by atoms with van der Waals surface area (Å²) in [7, 11) is -4.15. The van der Waals surface area contributed by atoms with Crippen molar-refractivity contribution in [2.45, 2.75) is 11.4 Å². The number of carbonyl (C=O) groups excluding carboxylic acids is 1. The number of rotatable bonds is 4. The number of aromatic nitrogens is 1. The zero-order valence-electron chi connectivity index (χ0n) is 16.1. The summed E-state index contributed by atoms with van der Waals surface area (Å²) in [6.07, 6.45) is 2.02. The van der Waals surface area contributed by atoms with E-state index in [-0.39, 0.29) is 17.1 Å². The molecule has 4 rings (SSSR count). The number of thiazole rings is 1. The van der Waals surface area contributed by atoms with Crippen LogP contribution in [0, 0.1) is 0 Å². The third-order valence-electron chi connectivity index (χ3n) is 5.07. The van der Waals surface area contributed by atoms with Gasteiger partial charge in [-0.25, -0.2) is 17.8 Å². The Kier molecular flexibility index (Phi) is 6.22. The minimum Gasteiger partial charge on any atom is -0.333 e. The third-order valence-corrected chi connectivity index (χ3v) is 9.59. The summed E-state index contributed by atoms with van der Waals surface area (Å²) < 4.78 is 42.1. The van der Waals surface area contributed by atoms with Gasteiger partial charge in [0.1, 0.15) is 5.01 Å². The van der Waals surface area contributed by atoms with Crippen molar-refractivity contribution in [3.05, 3.63) is 85.2 Å². The van der Waals surface area contributed by atoms with Gasteiger partial charge in [0.05, 0.1) is 17.3 Å². The molecule has 2 heterocycles. The summed E-state index contributed by atoms with van der Waals surface area (Å²) in [5.74, 6) is -0.958. The van der Waals surface area contributed by atoms with E-state index < -0.39 is 33.0 Å². The van der Waals surface area contributed by atoms with Gasteiger partial charge in [-0.1, -0.05) is 41.9 Å². The number of hydrogen-bond donors (Lipinski definition) is 0. The second-order valence-corrected chi connectivity index (χ2v) is 11.9. The van der Waals surface area contributed by atoms with Gasteiger partial charge in [0.15, 0.2) is 9.84 Å². The van der Waals surface area contributed by atoms with E-state index in [1.54, 1.807) is 12.1 Å². The third kappa shape index (κ3) is 4.41. The smallest absolute Gasteiger partial charge is 0.278 e. The standard InChI is InChI=1S/C21H17BrClFN2O3S2/c22-17-7-6-15(11-18(17)23)19(27)26-8-9-31(28,29)21(24,13-26)20-25-12-16(30-20)10-14-4-2-1-3-5-14/h1-7,11-12H,8-10,13H2/t21-/m0/s1. The van der Waals surface area contributed by atoms with Gasteiger partial charge < -0.3 is 4.90 Å². The minimum atomic E-state index is -4.15. The van der Waals surface area contributed by atoms with E-state index in [1.165, 1.54) is 17.2 Å². The Labute approximate surface area is 196 Å². The van der Waals surface area contributed by atoms with Gasteiger partial charge in [0, 0.05) is 34.1 Å². The first-order chi connectivity index (χ1) is 14.7. The van der Waals surface area contributed by atoms with E-state index in [0.29, 0.717) is 15.9 Å². The quantitative estimate of drug-likeness (QED) is 0.472. The molecule has 1 amide bonds. The van der Waals surface area contributed by atoms with Crippen molar-refractivity contribution in [1.82, 2.24) is 9.88 Å². The average molecular weight is 544 g/mol. The van der Waals surface area contributed by atoms with Gasteiger partial charge in [0.25, 0.3) is 10.9 Å². The highest BCUT2D eigenvalue weighted by atomic mass is 79.9. The predicted octanol–water partition coefficient (Wildman–Crippen LogP) is 4.84. The molecule has 0 spiro atoms. The highest BCUT2D eigenvalue weighted by Crippen LogP contribution is 2.40. The number of sulfone groups is 1. The van der Waals surface area contributed by atoms with Crippen LogP contribution in [0.5, 0.6) is 0 Å². The van der Waals surface area contributed by atoms with Crippen LogP contribution in [-0.4, -0.2) is 43.1 Å². The molecule has 5 nitrogen and oxygen atoms in total. The molecular formula is C21H17BrClFN2O3S2. The molecule has 0 unspecified atom stereocenters. The van der Waals surface area contributed by atoms with Crippen LogP contribution in [0.15, 0.2) is 59.2 Å². The van der Waals surface area contributed by atoms with Gasteiger partial charge in [-0.05, 0) is 39.7 Å². The Bertz CT molecular complexity index is 1240. The molecule has 0 aliphatic carbocycles. The van der Waals surface area contributed by atoms with Gasteiger partial charge in [-0.2, -0.15) is 0 Å². The number of benzene rings is 2. The molecule has 3 aromatic rings. The second kappa shape index (κ2) is 8.61. The van der Waals surface area contributed by atoms with E-state index in [2.05, 4.69) is 20.9 Å². The molecule has 0 bridgehead atoms. The maximum Gasteiger partial charge on any atom is 0.278 e. The van der Waals surface area contributed by atoms with Crippen LogP contribution in [0.2, 0.25) is 5.02 Å². The summed E-state index contributed by atoms with van der Waals surface area (Å²) in [5, 5.41) is -2.56. The minimum absolute atomic E-state index is 0.0945. The molecule has 1 aliphatic heterocycles. The fourth-order valence-corrected chi connectivity index (χ4v) is 6.66. The topological polar surface area (TPSA) is 67.3 Å². The SMILES string of the molecule is O=C(c1ccc(Br)c(Cl)c1)N1CCS(=O)(=O)[C@](F)(c2ncc(Cc3ccccc3)s2)C1. The Morgan fingerprint density at radius 3 is 2.71 bits per heavy atom. The number of hydrogen-bond acceptors (Lipinski definition) is 5. The van der Waals surface area contributed by atoms with E-state index >= 15 is 4.39 Å². The lowest BCUT2D eigenvalue weighted by atomic mass is 10.1. The van der Waals surface area contributed by atoms with Crippen LogP contribution in [0.25, 0.3) is 0 Å². The molecule has 10 heteroatoms. The molecule has 1 aromatic heterocycles. The Morgan fingerprint density at radius 1 is 1.26 bits per heavy atom. The summed E-state index contributed by atoms with van der Waals surface area (Å²) >= 11 is 10.3. The van der Waals surface area contributed by atoms with Crippen molar-refractivity contribution in [2.24, 2.45) is 0 Å². The predicted molar refractivity (Wildman–Crippen MR) is 123 cm³/mol. The largest absolute Gasteiger partial charge is 0.333 e. The van der Waals surface area contributed by atoms with Crippen molar-refractivity contribution in [3.8, 4) is 0 Å². The fraction of sp³-hybridized carbons (Fsp3) is 0.238. The normalized spacial score (nSPS) is 20.5. The molecule has 0 radical (unpaired) electrons. The van der Waals surface area contributed by atoms with Crippen LogP contribution in [0.3, 0.4) is 0 Å². The zero-order valence-corrected chi connectivity index (χ0v) is 20.1. The fourth-order valence-electron chi connectivity index (χ4n) is 3.36. The van der Waals surface area contributed by atoms with Gasteiger partial charge in [-0.3, -0.25) is 4.79 Å². The molecule has 0 N–H and O–H groups in total. The first-order valence-electron chi connectivity index (χ1n) is 9.34. The number of alkyl halides is 1. The molecule has 31 heavy (non-hydrogen) atoms. The highest BCUT2D eigenvalue weighted by Gasteiger charge is 2.53.